The molecule has 88 valence electrons. The second-order valence-electron chi connectivity index (χ2n) is 4.82. The first-order valence-corrected chi connectivity index (χ1v) is 6.12. The van der Waals surface area contributed by atoms with Crippen LogP contribution in [0.25, 0.3) is 0 Å². The summed E-state index contributed by atoms with van der Waals surface area (Å²) in [6, 6.07) is 6.63. The molecule has 0 radical (unpaired) electrons. The number of hydrogen-bond acceptors (Lipinski definition) is 3. The molecular formula is C13H21N3. The van der Waals surface area contributed by atoms with E-state index in [1.54, 1.807) is 0 Å². The topological polar surface area (TPSA) is 37.0 Å². The van der Waals surface area contributed by atoms with Gasteiger partial charge in [0.2, 0.25) is 0 Å². The van der Waals surface area contributed by atoms with Gasteiger partial charge in [-0.15, -0.1) is 0 Å². The van der Waals surface area contributed by atoms with Gasteiger partial charge in [0.15, 0.2) is 0 Å². The Balaban J connectivity index is 2.03. The van der Waals surface area contributed by atoms with Gasteiger partial charge in [-0.3, -0.25) is 0 Å². The Morgan fingerprint density at radius 2 is 1.94 bits per heavy atom. The molecule has 0 amide bonds. The molecule has 1 aromatic rings. The molecule has 0 aromatic carbocycles. The average molecular weight is 219 g/mol. The minimum atomic E-state index is 0.578. The quantitative estimate of drug-likeness (QED) is 0.820. The molecule has 1 fully saturated rings. The summed E-state index contributed by atoms with van der Waals surface area (Å²) in [5.41, 5.74) is 0. The average Bonchev–Trinajstić information content (AvgIpc) is 2.61. The van der Waals surface area contributed by atoms with Gasteiger partial charge in [-0.05, 0) is 36.8 Å². The third kappa shape index (κ3) is 2.29. The van der Waals surface area contributed by atoms with Gasteiger partial charge in [-0.2, -0.15) is 0 Å². The molecule has 1 saturated carbocycles. The molecule has 3 nitrogen and oxygen atoms in total. The molecule has 1 aromatic heterocycles. The van der Waals surface area contributed by atoms with E-state index < -0.39 is 0 Å². The molecule has 1 heterocycles. The molecule has 3 atom stereocenters. The number of hydrogen-bond donors (Lipinski definition) is 2. The highest BCUT2D eigenvalue weighted by atomic mass is 15.1. The van der Waals surface area contributed by atoms with E-state index >= 15 is 0 Å². The number of nitrogens with zero attached hydrogens (tertiary/aromatic N) is 1. The van der Waals surface area contributed by atoms with E-state index in [2.05, 4.69) is 29.5 Å². The zero-order valence-corrected chi connectivity index (χ0v) is 10.3. The van der Waals surface area contributed by atoms with Crippen molar-refractivity contribution in [3.63, 3.8) is 0 Å². The monoisotopic (exact) mass is 219 g/mol. The summed E-state index contributed by atoms with van der Waals surface area (Å²) in [6.07, 6.45) is 2.58. The van der Waals surface area contributed by atoms with Crippen molar-refractivity contribution >= 4 is 11.6 Å². The summed E-state index contributed by atoms with van der Waals surface area (Å²) < 4.78 is 0. The van der Waals surface area contributed by atoms with Crippen LogP contribution < -0.4 is 10.6 Å². The Labute approximate surface area is 97.7 Å². The Kier molecular flexibility index (Phi) is 3.32. The molecule has 2 rings (SSSR count). The van der Waals surface area contributed by atoms with Gasteiger partial charge in [-0.25, -0.2) is 4.98 Å². The van der Waals surface area contributed by atoms with Crippen molar-refractivity contribution < 1.29 is 0 Å². The lowest BCUT2D eigenvalue weighted by Crippen LogP contribution is -2.24. The zero-order valence-electron chi connectivity index (χ0n) is 10.3. The van der Waals surface area contributed by atoms with Crippen molar-refractivity contribution in [3.8, 4) is 0 Å². The Morgan fingerprint density at radius 1 is 1.19 bits per heavy atom. The highest BCUT2D eigenvalue weighted by Crippen LogP contribution is 2.32. The molecule has 0 aliphatic heterocycles. The van der Waals surface area contributed by atoms with E-state index in [4.69, 9.17) is 0 Å². The van der Waals surface area contributed by atoms with Gasteiger partial charge in [0.05, 0.1) is 0 Å². The van der Waals surface area contributed by atoms with Gasteiger partial charge in [0.1, 0.15) is 11.6 Å². The Bertz CT molecular complexity index is 351. The standard InChI is InChI=1S/C13H21N3/c1-9-7-8-11(10(9)2)15-13-6-4-5-12(14-3)16-13/h4-6,9-11H,7-8H2,1-3H3,(H2,14,15,16). The van der Waals surface area contributed by atoms with Gasteiger partial charge in [-0.1, -0.05) is 19.9 Å². The van der Waals surface area contributed by atoms with E-state index in [1.807, 2.05) is 25.2 Å². The van der Waals surface area contributed by atoms with Gasteiger partial charge < -0.3 is 10.6 Å². The summed E-state index contributed by atoms with van der Waals surface area (Å²) in [4.78, 5) is 4.49. The third-order valence-electron chi connectivity index (χ3n) is 3.80. The summed E-state index contributed by atoms with van der Waals surface area (Å²) in [5, 5.41) is 6.61. The first-order valence-electron chi connectivity index (χ1n) is 6.12. The number of rotatable bonds is 3. The van der Waals surface area contributed by atoms with E-state index in [9.17, 15) is 0 Å². The zero-order chi connectivity index (χ0) is 11.5. The van der Waals surface area contributed by atoms with E-state index in [1.165, 1.54) is 12.8 Å². The third-order valence-corrected chi connectivity index (χ3v) is 3.80. The summed E-state index contributed by atoms with van der Waals surface area (Å²) >= 11 is 0. The van der Waals surface area contributed by atoms with Crippen LogP contribution in [0.3, 0.4) is 0 Å². The van der Waals surface area contributed by atoms with Crippen LogP contribution in [0.15, 0.2) is 18.2 Å². The highest BCUT2D eigenvalue weighted by Gasteiger charge is 2.29. The smallest absolute Gasteiger partial charge is 0.128 e. The van der Waals surface area contributed by atoms with Crippen LogP contribution in [-0.4, -0.2) is 18.1 Å². The van der Waals surface area contributed by atoms with Crippen molar-refractivity contribution in [2.75, 3.05) is 17.7 Å². The normalized spacial score (nSPS) is 29.1. The van der Waals surface area contributed by atoms with E-state index in [-0.39, 0.29) is 0 Å². The summed E-state index contributed by atoms with van der Waals surface area (Å²) in [5.74, 6) is 3.46. The predicted molar refractivity (Wildman–Crippen MR) is 68.8 cm³/mol. The second-order valence-corrected chi connectivity index (χ2v) is 4.82. The second kappa shape index (κ2) is 4.73. The van der Waals surface area contributed by atoms with Crippen LogP contribution in [0.1, 0.15) is 26.7 Å². The van der Waals surface area contributed by atoms with Crippen molar-refractivity contribution in [1.29, 1.82) is 0 Å². The minimum Gasteiger partial charge on any atom is -0.373 e. The first kappa shape index (κ1) is 11.2. The summed E-state index contributed by atoms with van der Waals surface area (Å²) in [7, 11) is 1.90. The predicted octanol–water partition coefficient (Wildman–Crippen LogP) is 2.97. The molecule has 1 aliphatic carbocycles. The largest absolute Gasteiger partial charge is 0.373 e. The molecule has 1 aliphatic rings. The van der Waals surface area contributed by atoms with Crippen LogP contribution in [0.4, 0.5) is 11.6 Å². The van der Waals surface area contributed by atoms with Gasteiger partial charge >= 0.3 is 0 Å². The fraction of sp³-hybridized carbons (Fsp3) is 0.615. The first-order chi connectivity index (χ1) is 7.70. The molecule has 3 unspecified atom stereocenters. The Morgan fingerprint density at radius 3 is 2.56 bits per heavy atom. The molecular weight excluding hydrogens is 198 g/mol. The van der Waals surface area contributed by atoms with Gasteiger partial charge in [0.25, 0.3) is 0 Å². The van der Waals surface area contributed by atoms with Crippen LogP contribution in [-0.2, 0) is 0 Å². The number of anilines is 2. The van der Waals surface area contributed by atoms with Crippen LogP contribution in [0.2, 0.25) is 0 Å². The minimum absolute atomic E-state index is 0.578. The van der Waals surface area contributed by atoms with Gasteiger partial charge in [0, 0.05) is 13.1 Å². The summed E-state index contributed by atoms with van der Waals surface area (Å²) in [6.45, 7) is 4.67. The van der Waals surface area contributed by atoms with Crippen molar-refractivity contribution in [2.24, 2.45) is 11.8 Å². The number of nitrogens with one attached hydrogen (secondary N) is 2. The van der Waals surface area contributed by atoms with Crippen molar-refractivity contribution in [1.82, 2.24) is 4.98 Å². The van der Waals surface area contributed by atoms with Crippen molar-refractivity contribution in [2.45, 2.75) is 32.7 Å². The number of aromatic nitrogens is 1. The molecule has 2 N–H and O–H groups in total. The lowest BCUT2D eigenvalue weighted by molar-refractivity contribution is 0.435. The fourth-order valence-electron chi connectivity index (χ4n) is 2.41. The van der Waals surface area contributed by atoms with Crippen LogP contribution >= 0.6 is 0 Å². The molecule has 3 heteroatoms. The highest BCUT2D eigenvalue weighted by molar-refractivity contribution is 5.45. The van der Waals surface area contributed by atoms with Crippen molar-refractivity contribution in [3.05, 3.63) is 18.2 Å². The lowest BCUT2D eigenvalue weighted by atomic mass is 9.98. The molecule has 16 heavy (non-hydrogen) atoms. The van der Waals surface area contributed by atoms with Crippen LogP contribution in [0.5, 0.6) is 0 Å². The molecule has 0 bridgehead atoms. The maximum absolute atomic E-state index is 4.49. The van der Waals surface area contributed by atoms with E-state index in [0.717, 1.165) is 23.5 Å². The lowest BCUT2D eigenvalue weighted by Gasteiger charge is -2.20. The maximum atomic E-state index is 4.49. The Hall–Kier alpha value is -1.25. The number of pyridine rings is 1. The molecule has 0 spiro atoms. The maximum Gasteiger partial charge on any atom is 0.128 e. The van der Waals surface area contributed by atoms with E-state index in [0.29, 0.717) is 6.04 Å². The molecule has 0 saturated heterocycles. The fourth-order valence-corrected chi connectivity index (χ4v) is 2.41. The van der Waals surface area contributed by atoms with Crippen LogP contribution in [0, 0.1) is 11.8 Å². The SMILES string of the molecule is CNc1cccc(NC2CCC(C)C2C)n1.